The Hall–Kier alpha value is -2.72. The quantitative estimate of drug-likeness (QED) is 0.678. The molecule has 0 saturated heterocycles. The number of nitrogens with zero attached hydrogens (tertiary/aromatic N) is 1. The van der Waals surface area contributed by atoms with Crippen molar-refractivity contribution in [1.29, 1.82) is 0 Å². The van der Waals surface area contributed by atoms with Crippen molar-refractivity contribution in [2.75, 3.05) is 6.54 Å². The lowest BCUT2D eigenvalue weighted by Gasteiger charge is -2.20. The largest absolute Gasteiger partial charge is 0.465 e. The van der Waals surface area contributed by atoms with Gasteiger partial charge < -0.3 is 15.4 Å². The molecule has 2 aromatic rings. The van der Waals surface area contributed by atoms with E-state index in [2.05, 4.69) is 9.97 Å². The summed E-state index contributed by atoms with van der Waals surface area (Å²) in [4.78, 5) is 17.0. The number of rotatable bonds is 5. The van der Waals surface area contributed by atoms with Gasteiger partial charge in [-0.05, 0) is 30.2 Å². The van der Waals surface area contributed by atoms with E-state index in [1.54, 1.807) is 0 Å². The Labute approximate surface area is 143 Å². The van der Waals surface area contributed by atoms with Gasteiger partial charge in [-0.15, -0.1) is 0 Å². The van der Waals surface area contributed by atoms with Crippen molar-refractivity contribution >= 4 is 6.09 Å². The van der Waals surface area contributed by atoms with Gasteiger partial charge in [-0.2, -0.15) is 26.3 Å². The molecule has 1 aromatic heterocycles. The van der Waals surface area contributed by atoms with E-state index in [9.17, 15) is 31.1 Å². The predicted molar refractivity (Wildman–Crippen MR) is 77.5 cm³/mol. The van der Waals surface area contributed by atoms with Crippen molar-refractivity contribution in [2.45, 2.75) is 24.7 Å². The molecule has 2 rings (SSSR count). The van der Waals surface area contributed by atoms with Crippen molar-refractivity contribution in [3.63, 3.8) is 0 Å². The minimum atomic E-state index is -4.97. The van der Waals surface area contributed by atoms with E-state index in [-0.39, 0.29) is 30.3 Å². The maximum atomic E-state index is 13.0. The zero-order valence-electron chi connectivity index (χ0n) is 12.9. The number of hydrogen-bond acceptors (Lipinski definition) is 2. The number of benzene rings is 1. The number of carboxylic acid groups (broad SMARTS) is 1. The second-order valence-electron chi connectivity index (χ2n) is 5.41. The standard InChI is InChI=1S/C15H13F6N3O2/c16-14(17,18)9-3-8(4-10(5-9)15(19,20)21)11(1-2-23-13(25)26)12-6-22-7-24-12/h3-7,11,23H,1-2H2,(H,22,24)(H,25,26). The minimum absolute atomic E-state index is 0.0423. The Morgan fingerprint density at radius 1 is 1.12 bits per heavy atom. The van der Waals surface area contributed by atoms with Crippen LogP contribution in [0.4, 0.5) is 31.1 Å². The highest BCUT2D eigenvalue weighted by Crippen LogP contribution is 2.39. The Morgan fingerprint density at radius 2 is 1.69 bits per heavy atom. The lowest BCUT2D eigenvalue weighted by atomic mass is 9.90. The number of halogens is 6. The number of imidazole rings is 1. The molecule has 5 nitrogen and oxygen atoms in total. The second kappa shape index (κ2) is 7.26. The summed E-state index contributed by atoms with van der Waals surface area (Å²) < 4.78 is 78.1. The minimum Gasteiger partial charge on any atom is -0.465 e. The molecule has 0 aliphatic rings. The fourth-order valence-electron chi connectivity index (χ4n) is 2.45. The van der Waals surface area contributed by atoms with Crippen LogP contribution in [-0.2, 0) is 12.4 Å². The summed E-state index contributed by atoms with van der Waals surface area (Å²) in [5, 5.41) is 10.6. The molecule has 1 aromatic carbocycles. The number of H-pyrrole nitrogens is 1. The number of carbonyl (C=O) groups is 1. The van der Waals surface area contributed by atoms with Crippen LogP contribution >= 0.6 is 0 Å². The van der Waals surface area contributed by atoms with Crippen molar-refractivity contribution < 1.29 is 36.2 Å². The van der Waals surface area contributed by atoms with E-state index in [4.69, 9.17) is 5.11 Å². The Bertz CT molecular complexity index is 723. The summed E-state index contributed by atoms with van der Waals surface area (Å²) in [5.41, 5.74) is -2.93. The molecule has 1 heterocycles. The van der Waals surface area contributed by atoms with Crippen molar-refractivity contribution in [1.82, 2.24) is 15.3 Å². The Balaban J connectivity index is 2.50. The van der Waals surface area contributed by atoms with Crippen molar-refractivity contribution in [3.05, 3.63) is 53.1 Å². The zero-order chi connectivity index (χ0) is 19.5. The van der Waals surface area contributed by atoms with Gasteiger partial charge in [0.2, 0.25) is 0 Å². The van der Waals surface area contributed by atoms with Crippen LogP contribution in [0.15, 0.2) is 30.7 Å². The molecule has 0 aliphatic heterocycles. The molecule has 3 N–H and O–H groups in total. The first kappa shape index (κ1) is 19.6. The SMILES string of the molecule is O=C(O)NCCC(c1cc(C(F)(F)F)cc(C(F)(F)F)c1)c1c[nH]cn1. The number of aromatic amines is 1. The maximum absolute atomic E-state index is 13.0. The van der Waals surface area contributed by atoms with Gasteiger partial charge in [0.05, 0.1) is 23.1 Å². The van der Waals surface area contributed by atoms with E-state index in [1.807, 2.05) is 5.32 Å². The normalized spacial score (nSPS) is 13.5. The van der Waals surface area contributed by atoms with Gasteiger partial charge in [0.25, 0.3) is 0 Å². The number of nitrogens with one attached hydrogen (secondary N) is 2. The molecule has 0 saturated carbocycles. The van der Waals surface area contributed by atoms with Crippen LogP contribution in [0.1, 0.15) is 34.7 Å². The maximum Gasteiger partial charge on any atom is 0.416 e. The first-order valence-electron chi connectivity index (χ1n) is 7.23. The topological polar surface area (TPSA) is 78.0 Å². The third-order valence-corrected chi connectivity index (χ3v) is 3.60. The van der Waals surface area contributed by atoms with Crippen molar-refractivity contribution in [2.24, 2.45) is 0 Å². The molecule has 11 heteroatoms. The third kappa shape index (κ3) is 4.90. The molecule has 1 atom stereocenters. The van der Waals surface area contributed by atoms with Gasteiger partial charge in [0.15, 0.2) is 0 Å². The molecule has 26 heavy (non-hydrogen) atoms. The smallest absolute Gasteiger partial charge is 0.416 e. The van der Waals surface area contributed by atoms with Crippen LogP contribution in [-0.4, -0.2) is 27.7 Å². The third-order valence-electron chi connectivity index (χ3n) is 3.60. The fraction of sp³-hybridized carbons (Fsp3) is 0.333. The average molecular weight is 381 g/mol. The van der Waals surface area contributed by atoms with E-state index >= 15 is 0 Å². The van der Waals surface area contributed by atoms with Crippen LogP contribution in [0.5, 0.6) is 0 Å². The fourth-order valence-corrected chi connectivity index (χ4v) is 2.45. The van der Waals surface area contributed by atoms with Crippen LogP contribution in [0, 0.1) is 0 Å². The predicted octanol–water partition coefficient (Wildman–Crippen LogP) is 4.24. The Morgan fingerprint density at radius 3 is 2.12 bits per heavy atom. The van der Waals surface area contributed by atoms with E-state index in [0.717, 1.165) is 0 Å². The molecule has 0 aliphatic carbocycles. The summed E-state index contributed by atoms with van der Waals surface area (Å²) in [6, 6.07) is 1.28. The molecular weight excluding hydrogens is 368 g/mol. The van der Waals surface area contributed by atoms with Gasteiger partial charge in [0, 0.05) is 18.7 Å². The summed E-state index contributed by atoms with van der Waals surface area (Å²) >= 11 is 0. The summed E-state index contributed by atoms with van der Waals surface area (Å²) in [7, 11) is 0. The summed E-state index contributed by atoms with van der Waals surface area (Å²) in [6.07, 6.45) is -8.80. The second-order valence-corrected chi connectivity index (χ2v) is 5.41. The molecule has 1 amide bonds. The first-order valence-corrected chi connectivity index (χ1v) is 7.23. The highest BCUT2D eigenvalue weighted by molar-refractivity contribution is 5.64. The molecule has 0 bridgehead atoms. The monoisotopic (exact) mass is 381 g/mol. The first-order chi connectivity index (χ1) is 12.0. The van der Waals surface area contributed by atoms with Crippen LogP contribution < -0.4 is 5.32 Å². The number of amides is 1. The number of alkyl halides is 6. The van der Waals surface area contributed by atoms with Gasteiger partial charge in [0.1, 0.15) is 0 Å². The van der Waals surface area contributed by atoms with E-state index in [1.165, 1.54) is 12.5 Å². The number of hydrogen-bond donors (Lipinski definition) is 3. The molecule has 0 spiro atoms. The molecular formula is C15H13F6N3O2. The molecule has 1 unspecified atom stereocenters. The van der Waals surface area contributed by atoms with Gasteiger partial charge in [-0.25, -0.2) is 9.78 Å². The average Bonchev–Trinajstić information content (AvgIpc) is 3.03. The Kier molecular flexibility index (Phi) is 5.47. The van der Waals surface area contributed by atoms with E-state index in [0.29, 0.717) is 12.1 Å². The van der Waals surface area contributed by atoms with Gasteiger partial charge in [-0.3, -0.25) is 0 Å². The highest BCUT2D eigenvalue weighted by atomic mass is 19.4. The molecule has 0 radical (unpaired) electrons. The lowest BCUT2D eigenvalue weighted by molar-refractivity contribution is -0.143. The van der Waals surface area contributed by atoms with Crippen molar-refractivity contribution in [3.8, 4) is 0 Å². The van der Waals surface area contributed by atoms with Gasteiger partial charge >= 0.3 is 18.4 Å². The van der Waals surface area contributed by atoms with E-state index < -0.39 is 35.5 Å². The van der Waals surface area contributed by atoms with Gasteiger partial charge in [-0.1, -0.05) is 0 Å². The lowest BCUT2D eigenvalue weighted by Crippen LogP contribution is -2.24. The highest BCUT2D eigenvalue weighted by Gasteiger charge is 2.37. The molecule has 142 valence electrons. The van der Waals surface area contributed by atoms with Crippen LogP contribution in [0.3, 0.4) is 0 Å². The zero-order valence-corrected chi connectivity index (χ0v) is 12.9. The number of aromatic nitrogens is 2. The van der Waals surface area contributed by atoms with Crippen LogP contribution in [0.25, 0.3) is 0 Å². The van der Waals surface area contributed by atoms with Crippen LogP contribution in [0.2, 0.25) is 0 Å². The molecule has 0 fully saturated rings. The summed E-state index contributed by atoms with van der Waals surface area (Å²) in [5.74, 6) is -0.962. The summed E-state index contributed by atoms with van der Waals surface area (Å²) in [6.45, 7) is -0.176.